The van der Waals surface area contributed by atoms with E-state index in [-0.39, 0.29) is 5.41 Å². The Morgan fingerprint density at radius 2 is 1.84 bits per heavy atom. The molecule has 106 valence electrons. The molecule has 0 bridgehead atoms. The Labute approximate surface area is 109 Å². The third-order valence-electron chi connectivity index (χ3n) is 2.38. The Hall–Kier alpha value is -1.72. The number of carboxylic acid groups (broad SMARTS) is 1. The molecule has 0 unspecified atom stereocenters. The van der Waals surface area contributed by atoms with Crippen LogP contribution in [0.5, 0.6) is 0 Å². The van der Waals surface area contributed by atoms with Gasteiger partial charge in [0, 0.05) is 12.2 Å². The number of hydrogen-bond acceptors (Lipinski definition) is 2. The lowest BCUT2D eigenvalue weighted by atomic mass is 9.96. The van der Waals surface area contributed by atoms with Crippen LogP contribution in [0.25, 0.3) is 0 Å². The highest BCUT2D eigenvalue weighted by Crippen LogP contribution is 2.33. The molecule has 0 aromatic heterocycles. The summed E-state index contributed by atoms with van der Waals surface area (Å²) in [6.45, 7) is 6.41. The van der Waals surface area contributed by atoms with Crippen LogP contribution in [0.1, 0.15) is 36.7 Å². The quantitative estimate of drug-likeness (QED) is 0.880. The van der Waals surface area contributed by atoms with Crippen molar-refractivity contribution in [3.63, 3.8) is 0 Å². The highest BCUT2D eigenvalue weighted by molar-refractivity contribution is 5.91. The van der Waals surface area contributed by atoms with Gasteiger partial charge < -0.3 is 10.4 Å². The van der Waals surface area contributed by atoms with Gasteiger partial charge in [-0.2, -0.15) is 13.2 Å². The van der Waals surface area contributed by atoms with Crippen molar-refractivity contribution in [3.8, 4) is 0 Å². The molecular weight excluding hydrogens is 259 g/mol. The molecule has 1 aromatic rings. The fraction of sp³-hybridized carbons (Fsp3) is 0.462. The third-order valence-corrected chi connectivity index (χ3v) is 2.38. The van der Waals surface area contributed by atoms with E-state index in [1.165, 1.54) is 6.07 Å². The van der Waals surface area contributed by atoms with E-state index in [0.717, 1.165) is 12.1 Å². The largest absolute Gasteiger partial charge is 0.478 e. The van der Waals surface area contributed by atoms with Crippen molar-refractivity contribution in [1.82, 2.24) is 0 Å². The van der Waals surface area contributed by atoms with E-state index in [9.17, 15) is 18.0 Å². The maximum absolute atomic E-state index is 12.6. The lowest BCUT2D eigenvalue weighted by Gasteiger charge is -2.20. The zero-order valence-corrected chi connectivity index (χ0v) is 10.9. The molecule has 0 saturated heterocycles. The lowest BCUT2D eigenvalue weighted by molar-refractivity contribution is -0.138. The van der Waals surface area contributed by atoms with E-state index in [2.05, 4.69) is 5.32 Å². The normalized spacial score (nSPS) is 12.3. The number of carbonyl (C=O) groups is 1. The molecule has 0 fully saturated rings. The van der Waals surface area contributed by atoms with E-state index in [0.29, 0.717) is 12.2 Å². The molecule has 0 radical (unpaired) electrons. The first kappa shape index (κ1) is 15.3. The fourth-order valence-electron chi connectivity index (χ4n) is 1.45. The van der Waals surface area contributed by atoms with Gasteiger partial charge in [-0.3, -0.25) is 0 Å². The topological polar surface area (TPSA) is 49.3 Å². The highest BCUT2D eigenvalue weighted by Gasteiger charge is 2.35. The Kier molecular flexibility index (Phi) is 4.12. The second kappa shape index (κ2) is 5.11. The van der Waals surface area contributed by atoms with Crippen LogP contribution in [0.15, 0.2) is 18.2 Å². The van der Waals surface area contributed by atoms with Gasteiger partial charge in [-0.25, -0.2) is 4.79 Å². The molecule has 0 amide bonds. The van der Waals surface area contributed by atoms with Crippen LogP contribution in [-0.4, -0.2) is 17.6 Å². The lowest BCUT2D eigenvalue weighted by Crippen LogP contribution is -2.20. The molecule has 0 aliphatic rings. The summed E-state index contributed by atoms with van der Waals surface area (Å²) >= 11 is 0. The molecule has 1 rings (SSSR count). The molecular formula is C13H16F3NO2. The van der Waals surface area contributed by atoms with E-state index < -0.39 is 23.3 Å². The van der Waals surface area contributed by atoms with Gasteiger partial charge in [-0.15, -0.1) is 0 Å². The van der Waals surface area contributed by atoms with Gasteiger partial charge in [0.25, 0.3) is 0 Å². The van der Waals surface area contributed by atoms with Gasteiger partial charge in [-0.05, 0) is 23.6 Å². The van der Waals surface area contributed by atoms with Crippen molar-refractivity contribution < 1.29 is 23.1 Å². The van der Waals surface area contributed by atoms with Crippen molar-refractivity contribution in [3.05, 3.63) is 29.3 Å². The zero-order valence-electron chi connectivity index (χ0n) is 10.9. The summed E-state index contributed by atoms with van der Waals surface area (Å²) in [4.78, 5) is 10.9. The SMILES string of the molecule is CC(C)(C)CNc1ccc(C(F)(F)F)c(C(=O)O)c1. The Morgan fingerprint density at radius 1 is 1.26 bits per heavy atom. The molecule has 0 aliphatic heterocycles. The molecule has 0 aliphatic carbocycles. The van der Waals surface area contributed by atoms with Gasteiger partial charge in [0.2, 0.25) is 0 Å². The van der Waals surface area contributed by atoms with Crippen LogP contribution < -0.4 is 5.32 Å². The Balaban J connectivity index is 3.07. The molecule has 3 nitrogen and oxygen atoms in total. The van der Waals surface area contributed by atoms with E-state index >= 15 is 0 Å². The van der Waals surface area contributed by atoms with Crippen molar-refractivity contribution in [2.24, 2.45) is 5.41 Å². The van der Waals surface area contributed by atoms with Crippen molar-refractivity contribution in [2.45, 2.75) is 26.9 Å². The van der Waals surface area contributed by atoms with Crippen LogP contribution in [0, 0.1) is 5.41 Å². The Bertz CT molecular complexity index is 476. The number of hydrogen-bond donors (Lipinski definition) is 2. The minimum Gasteiger partial charge on any atom is -0.478 e. The number of anilines is 1. The smallest absolute Gasteiger partial charge is 0.417 e. The summed E-state index contributed by atoms with van der Waals surface area (Å²) in [5, 5.41) is 11.8. The molecule has 6 heteroatoms. The number of benzene rings is 1. The van der Waals surface area contributed by atoms with E-state index in [4.69, 9.17) is 5.11 Å². The summed E-state index contributed by atoms with van der Waals surface area (Å²) in [6, 6.07) is 3.03. The van der Waals surface area contributed by atoms with Crippen molar-refractivity contribution in [2.75, 3.05) is 11.9 Å². The average Bonchev–Trinajstić information content (AvgIpc) is 2.23. The molecule has 0 atom stereocenters. The minimum absolute atomic E-state index is 0.0634. The van der Waals surface area contributed by atoms with Gasteiger partial charge in [0.05, 0.1) is 11.1 Å². The van der Waals surface area contributed by atoms with Crippen LogP contribution in [0.3, 0.4) is 0 Å². The maximum atomic E-state index is 12.6. The molecule has 0 heterocycles. The van der Waals surface area contributed by atoms with Gasteiger partial charge >= 0.3 is 12.1 Å². The fourth-order valence-corrected chi connectivity index (χ4v) is 1.45. The number of halogens is 3. The first-order valence-electron chi connectivity index (χ1n) is 5.69. The number of rotatable bonds is 3. The number of alkyl halides is 3. The van der Waals surface area contributed by atoms with Crippen molar-refractivity contribution in [1.29, 1.82) is 0 Å². The number of aromatic carboxylic acids is 1. The monoisotopic (exact) mass is 275 g/mol. The van der Waals surface area contributed by atoms with Crippen LogP contribution in [0.2, 0.25) is 0 Å². The second-order valence-electron chi connectivity index (χ2n) is 5.48. The van der Waals surface area contributed by atoms with Gasteiger partial charge in [-0.1, -0.05) is 20.8 Å². The predicted molar refractivity (Wildman–Crippen MR) is 66.3 cm³/mol. The van der Waals surface area contributed by atoms with Gasteiger partial charge in [0.1, 0.15) is 0 Å². The standard InChI is InChI=1S/C13H16F3NO2/c1-12(2,3)7-17-8-4-5-10(13(14,15)16)9(6-8)11(18)19/h4-6,17H,7H2,1-3H3,(H,18,19). The van der Waals surface area contributed by atoms with E-state index in [1.54, 1.807) is 0 Å². The first-order valence-corrected chi connectivity index (χ1v) is 5.69. The minimum atomic E-state index is -4.67. The zero-order chi connectivity index (χ0) is 14.8. The molecule has 2 N–H and O–H groups in total. The summed E-state index contributed by atoms with van der Waals surface area (Å²) in [5.74, 6) is -1.59. The average molecular weight is 275 g/mol. The summed E-state index contributed by atoms with van der Waals surface area (Å²) in [6.07, 6.45) is -4.67. The summed E-state index contributed by atoms with van der Waals surface area (Å²) in [5.41, 5.74) is -1.58. The van der Waals surface area contributed by atoms with Crippen LogP contribution >= 0.6 is 0 Å². The van der Waals surface area contributed by atoms with Crippen LogP contribution in [-0.2, 0) is 6.18 Å². The summed E-state index contributed by atoms with van der Waals surface area (Å²) in [7, 11) is 0. The summed E-state index contributed by atoms with van der Waals surface area (Å²) < 4.78 is 37.9. The highest BCUT2D eigenvalue weighted by atomic mass is 19.4. The Morgan fingerprint density at radius 3 is 2.26 bits per heavy atom. The molecule has 19 heavy (non-hydrogen) atoms. The molecule has 0 saturated carbocycles. The first-order chi connectivity index (χ1) is 8.50. The van der Waals surface area contributed by atoms with E-state index in [1.807, 2.05) is 20.8 Å². The van der Waals surface area contributed by atoms with Gasteiger partial charge in [0.15, 0.2) is 0 Å². The number of carboxylic acids is 1. The third kappa shape index (κ3) is 4.46. The second-order valence-corrected chi connectivity index (χ2v) is 5.48. The maximum Gasteiger partial charge on any atom is 0.417 e. The number of nitrogens with one attached hydrogen (secondary N) is 1. The predicted octanol–water partition coefficient (Wildman–Crippen LogP) is 3.86. The molecule has 0 spiro atoms. The van der Waals surface area contributed by atoms with Crippen LogP contribution in [0.4, 0.5) is 18.9 Å². The molecule has 1 aromatic carbocycles. The van der Waals surface area contributed by atoms with Crippen molar-refractivity contribution >= 4 is 11.7 Å².